The lowest BCUT2D eigenvalue weighted by Gasteiger charge is -2.25. The molecule has 2 heteroatoms. The van der Waals surface area contributed by atoms with Crippen molar-refractivity contribution >= 4 is 5.91 Å². The van der Waals surface area contributed by atoms with Crippen molar-refractivity contribution < 1.29 is 4.79 Å². The molecule has 1 fully saturated rings. The van der Waals surface area contributed by atoms with Gasteiger partial charge in [-0.25, -0.2) is 0 Å². The van der Waals surface area contributed by atoms with Crippen LogP contribution < -0.4 is 0 Å². The number of carbonyl (C=O) groups is 1. The Kier molecular flexibility index (Phi) is 2.90. The van der Waals surface area contributed by atoms with Gasteiger partial charge in [-0.1, -0.05) is 12.2 Å². The number of rotatable bonds is 1. The average molecular weight is 167 g/mol. The van der Waals surface area contributed by atoms with Gasteiger partial charge < -0.3 is 4.90 Å². The molecule has 1 aliphatic rings. The van der Waals surface area contributed by atoms with Crippen LogP contribution >= 0.6 is 0 Å². The van der Waals surface area contributed by atoms with Gasteiger partial charge in [0.25, 0.3) is 0 Å². The molecule has 0 aromatic rings. The first kappa shape index (κ1) is 9.30. The Morgan fingerprint density at radius 2 is 2.25 bits per heavy atom. The van der Waals surface area contributed by atoms with Crippen molar-refractivity contribution in [2.24, 2.45) is 0 Å². The fourth-order valence-electron chi connectivity index (χ4n) is 1.79. The van der Waals surface area contributed by atoms with Gasteiger partial charge in [-0.3, -0.25) is 4.79 Å². The monoisotopic (exact) mass is 167 g/mol. The summed E-state index contributed by atoms with van der Waals surface area (Å²) < 4.78 is 0. The number of carbonyl (C=O) groups excluding carboxylic acids is 1. The van der Waals surface area contributed by atoms with Crippen LogP contribution in [0.15, 0.2) is 12.2 Å². The highest BCUT2D eigenvalue weighted by molar-refractivity contribution is 5.77. The third-order valence-corrected chi connectivity index (χ3v) is 2.47. The number of hydrogen-bond acceptors (Lipinski definition) is 1. The zero-order valence-electron chi connectivity index (χ0n) is 7.97. The lowest BCUT2D eigenvalue weighted by molar-refractivity contribution is -0.132. The van der Waals surface area contributed by atoms with Crippen LogP contribution in [0, 0.1) is 0 Å². The second-order valence-corrected chi connectivity index (χ2v) is 3.48. The first-order valence-corrected chi connectivity index (χ1v) is 4.61. The number of likely N-dealkylation sites (tertiary alicyclic amines) is 1. The maximum Gasteiger partial charge on any atom is 0.223 e. The second kappa shape index (κ2) is 3.74. The Morgan fingerprint density at radius 3 is 2.83 bits per heavy atom. The number of nitrogens with zero attached hydrogens (tertiary/aromatic N) is 1. The Morgan fingerprint density at radius 1 is 1.58 bits per heavy atom. The molecule has 0 spiro atoms. The molecule has 1 rings (SSSR count). The minimum Gasteiger partial charge on any atom is -0.340 e. The van der Waals surface area contributed by atoms with Crippen molar-refractivity contribution in [1.82, 2.24) is 4.90 Å². The Labute approximate surface area is 74.2 Å². The van der Waals surface area contributed by atoms with Crippen LogP contribution in [0.5, 0.6) is 0 Å². The maximum absolute atomic E-state index is 11.5. The smallest absolute Gasteiger partial charge is 0.223 e. The van der Waals surface area contributed by atoms with Gasteiger partial charge in [-0.2, -0.15) is 0 Å². The molecule has 1 unspecified atom stereocenters. The van der Waals surface area contributed by atoms with Gasteiger partial charge in [0.2, 0.25) is 5.91 Å². The lowest BCUT2D eigenvalue weighted by Crippen LogP contribution is -2.36. The molecule has 1 amide bonds. The summed E-state index contributed by atoms with van der Waals surface area (Å²) >= 11 is 0. The van der Waals surface area contributed by atoms with Crippen LogP contribution in [0.2, 0.25) is 0 Å². The standard InChI is InChI=1S/C10H17NO/c1-4-11-9(3)7-8(2)5-6-10(11)12/h9H,2,4-7H2,1,3H3. The average Bonchev–Trinajstić information content (AvgIpc) is 2.12. The zero-order chi connectivity index (χ0) is 9.14. The summed E-state index contributed by atoms with van der Waals surface area (Å²) in [4.78, 5) is 13.4. The lowest BCUT2D eigenvalue weighted by atomic mass is 10.1. The Bertz CT molecular complexity index is 198. The van der Waals surface area contributed by atoms with Crippen molar-refractivity contribution in [3.05, 3.63) is 12.2 Å². The van der Waals surface area contributed by atoms with E-state index < -0.39 is 0 Å². The third-order valence-electron chi connectivity index (χ3n) is 2.47. The molecule has 1 atom stereocenters. The fourth-order valence-corrected chi connectivity index (χ4v) is 1.79. The minimum atomic E-state index is 0.281. The summed E-state index contributed by atoms with van der Waals surface area (Å²) in [6.07, 6.45) is 2.50. The fraction of sp³-hybridized carbons (Fsp3) is 0.700. The van der Waals surface area contributed by atoms with Gasteiger partial charge in [0.15, 0.2) is 0 Å². The van der Waals surface area contributed by atoms with Crippen molar-refractivity contribution in [2.45, 2.75) is 39.2 Å². The highest BCUT2D eigenvalue weighted by Gasteiger charge is 2.22. The van der Waals surface area contributed by atoms with E-state index in [1.807, 2.05) is 11.8 Å². The molecule has 2 nitrogen and oxygen atoms in total. The van der Waals surface area contributed by atoms with E-state index in [4.69, 9.17) is 0 Å². The quantitative estimate of drug-likeness (QED) is 0.547. The predicted molar refractivity (Wildman–Crippen MR) is 49.8 cm³/mol. The van der Waals surface area contributed by atoms with Gasteiger partial charge in [-0.05, 0) is 26.7 Å². The van der Waals surface area contributed by atoms with E-state index in [1.165, 1.54) is 5.57 Å². The molecule has 12 heavy (non-hydrogen) atoms. The molecule has 0 aliphatic carbocycles. The molecule has 0 aromatic carbocycles. The maximum atomic E-state index is 11.5. The van der Waals surface area contributed by atoms with Gasteiger partial charge in [0.1, 0.15) is 0 Å². The van der Waals surface area contributed by atoms with Gasteiger partial charge >= 0.3 is 0 Å². The van der Waals surface area contributed by atoms with Crippen LogP contribution in [0.25, 0.3) is 0 Å². The van der Waals surface area contributed by atoms with Gasteiger partial charge in [-0.15, -0.1) is 0 Å². The molecular weight excluding hydrogens is 150 g/mol. The summed E-state index contributed by atoms with van der Waals surface area (Å²) in [7, 11) is 0. The van der Waals surface area contributed by atoms with Crippen LogP contribution in [-0.2, 0) is 4.79 Å². The summed E-state index contributed by atoms with van der Waals surface area (Å²) in [6, 6.07) is 0.345. The van der Waals surface area contributed by atoms with Gasteiger partial charge in [0, 0.05) is 19.0 Å². The van der Waals surface area contributed by atoms with E-state index in [0.29, 0.717) is 12.5 Å². The van der Waals surface area contributed by atoms with E-state index in [0.717, 1.165) is 19.4 Å². The van der Waals surface area contributed by atoms with Gasteiger partial charge in [0.05, 0.1) is 0 Å². The topological polar surface area (TPSA) is 20.3 Å². The molecule has 0 aromatic heterocycles. The van der Waals surface area contributed by atoms with Crippen LogP contribution in [0.3, 0.4) is 0 Å². The van der Waals surface area contributed by atoms with E-state index in [-0.39, 0.29) is 5.91 Å². The summed E-state index contributed by atoms with van der Waals surface area (Å²) in [6.45, 7) is 8.90. The number of amides is 1. The first-order chi connectivity index (χ1) is 5.65. The van der Waals surface area contributed by atoms with E-state index in [2.05, 4.69) is 13.5 Å². The second-order valence-electron chi connectivity index (χ2n) is 3.48. The summed E-state index contributed by atoms with van der Waals surface area (Å²) in [5, 5.41) is 0. The molecule has 0 N–H and O–H groups in total. The molecule has 1 aliphatic heterocycles. The summed E-state index contributed by atoms with van der Waals surface area (Å²) in [5.41, 5.74) is 1.21. The van der Waals surface area contributed by atoms with Crippen molar-refractivity contribution in [3.63, 3.8) is 0 Å². The molecule has 0 saturated carbocycles. The SMILES string of the molecule is C=C1CCC(=O)N(CC)C(C)C1. The van der Waals surface area contributed by atoms with Crippen LogP contribution in [0.4, 0.5) is 0 Å². The molecule has 1 heterocycles. The Balaban J connectivity index is 2.71. The molecule has 68 valence electrons. The molecule has 1 saturated heterocycles. The largest absolute Gasteiger partial charge is 0.340 e. The van der Waals surface area contributed by atoms with Crippen molar-refractivity contribution in [2.75, 3.05) is 6.54 Å². The van der Waals surface area contributed by atoms with Crippen LogP contribution in [0.1, 0.15) is 33.1 Å². The van der Waals surface area contributed by atoms with E-state index >= 15 is 0 Å². The van der Waals surface area contributed by atoms with Crippen molar-refractivity contribution in [3.8, 4) is 0 Å². The predicted octanol–water partition coefficient (Wildman–Crippen LogP) is 1.96. The highest BCUT2D eigenvalue weighted by Crippen LogP contribution is 2.20. The first-order valence-electron chi connectivity index (χ1n) is 4.61. The summed E-state index contributed by atoms with van der Waals surface area (Å²) in [5.74, 6) is 0.281. The molecule has 0 radical (unpaired) electrons. The van der Waals surface area contributed by atoms with E-state index in [9.17, 15) is 4.79 Å². The Hall–Kier alpha value is -0.790. The third kappa shape index (κ3) is 1.87. The molecular formula is C10H17NO. The van der Waals surface area contributed by atoms with Crippen LogP contribution in [-0.4, -0.2) is 23.4 Å². The zero-order valence-corrected chi connectivity index (χ0v) is 7.97. The minimum absolute atomic E-state index is 0.281. The molecule has 0 bridgehead atoms. The highest BCUT2D eigenvalue weighted by atomic mass is 16.2. The van der Waals surface area contributed by atoms with E-state index in [1.54, 1.807) is 0 Å². The normalized spacial score (nSPS) is 25.8. The van der Waals surface area contributed by atoms with Crippen molar-refractivity contribution in [1.29, 1.82) is 0 Å². The number of hydrogen-bond donors (Lipinski definition) is 0.